The SMILES string of the molecule is NCC12CN(c3c(F)cc4c(=O)c(C(=O)O)cn(C5CC5)c4c3OC(F)F)C[C@H]1CCO2. The number of carboxylic acids is 1. The summed E-state index contributed by atoms with van der Waals surface area (Å²) in [6.07, 6.45) is 3.19. The van der Waals surface area contributed by atoms with Crippen molar-refractivity contribution in [2.75, 3.05) is 31.1 Å². The summed E-state index contributed by atoms with van der Waals surface area (Å²) in [7, 11) is 0. The molecule has 1 aliphatic carbocycles. The largest absolute Gasteiger partial charge is 0.477 e. The minimum absolute atomic E-state index is 0.00186. The van der Waals surface area contributed by atoms with Gasteiger partial charge in [-0.05, 0) is 25.3 Å². The summed E-state index contributed by atoms with van der Waals surface area (Å²) in [4.78, 5) is 25.9. The Bertz CT molecular complexity index is 1170. The molecular weight excluding hydrogens is 431 g/mol. The van der Waals surface area contributed by atoms with Crippen LogP contribution in [0.1, 0.15) is 35.7 Å². The van der Waals surface area contributed by atoms with E-state index in [1.165, 1.54) is 4.57 Å². The second-order valence-electron chi connectivity index (χ2n) is 8.61. The molecule has 172 valence electrons. The molecule has 3 fully saturated rings. The highest BCUT2D eigenvalue weighted by atomic mass is 19.3. The Morgan fingerprint density at radius 3 is 2.72 bits per heavy atom. The molecule has 1 aromatic heterocycles. The van der Waals surface area contributed by atoms with E-state index in [-0.39, 0.29) is 41.6 Å². The number of rotatable bonds is 6. The molecule has 5 rings (SSSR count). The van der Waals surface area contributed by atoms with Crippen LogP contribution < -0.4 is 20.8 Å². The lowest BCUT2D eigenvalue weighted by Crippen LogP contribution is -2.44. The van der Waals surface area contributed by atoms with Crippen LogP contribution in [0.5, 0.6) is 5.75 Å². The minimum Gasteiger partial charge on any atom is -0.477 e. The topological polar surface area (TPSA) is 107 Å². The van der Waals surface area contributed by atoms with Crippen LogP contribution >= 0.6 is 0 Å². The number of aromatic carboxylic acids is 1. The highest BCUT2D eigenvalue weighted by Gasteiger charge is 2.51. The Kier molecular flexibility index (Phi) is 4.86. The number of carbonyl (C=O) groups is 1. The van der Waals surface area contributed by atoms with Crippen molar-refractivity contribution in [2.24, 2.45) is 11.7 Å². The van der Waals surface area contributed by atoms with Gasteiger partial charge in [0.2, 0.25) is 5.43 Å². The van der Waals surface area contributed by atoms with Gasteiger partial charge in [0.25, 0.3) is 0 Å². The molecule has 32 heavy (non-hydrogen) atoms. The summed E-state index contributed by atoms with van der Waals surface area (Å²) >= 11 is 0. The van der Waals surface area contributed by atoms with Crippen molar-refractivity contribution in [3.8, 4) is 5.75 Å². The van der Waals surface area contributed by atoms with Gasteiger partial charge in [-0.1, -0.05) is 0 Å². The number of carboxylic acid groups (broad SMARTS) is 1. The summed E-state index contributed by atoms with van der Waals surface area (Å²) in [6.45, 7) is -2.03. The molecule has 3 aliphatic rings. The zero-order valence-electron chi connectivity index (χ0n) is 17.0. The number of hydrogen-bond donors (Lipinski definition) is 2. The number of fused-ring (bicyclic) bond motifs is 2. The third-order valence-corrected chi connectivity index (χ3v) is 6.74. The maximum Gasteiger partial charge on any atom is 0.387 e. The zero-order valence-corrected chi connectivity index (χ0v) is 17.0. The van der Waals surface area contributed by atoms with E-state index in [0.29, 0.717) is 32.4 Å². The van der Waals surface area contributed by atoms with Gasteiger partial charge in [-0.2, -0.15) is 8.78 Å². The predicted octanol–water partition coefficient (Wildman–Crippen LogP) is 2.33. The molecule has 0 radical (unpaired) electrons. The number of pyridine rings is 1. The Morgan fingerprint density at radius 1 is 1.38 bits per heavy atom. The number of ether oxygens (including phenoxy) is 2. The fraction of sp³-hybridized carbons (Fsp3) is 0.524. The van der Waals surface area contributed by atoms with Gasteiger partial charge in [0, 0.05) is 44.4 Å². The number of nitrogens with zero attached hydrogens (tertiary/aromatic N) is 2. The summed E-state index contributed by atoms with van der Waals surface area (Å²) in [5.41, 5.74) is 3.51. The van der Waals surface area contributed by atoms with Crippen LogP contribution in [0.15, 0.2) is 17.1 Å². The second-order valence-corrected chi connectivity index (χ2v) is 8.61. The normalized spacial score (nSPS) is 25.0. The van der Waals surface area contributed by atoms with Gasteiger partial charge < -0.3 is 29.8 Å². The van der Waals surface area contributed by atoms with E-state index < -0.39 is 40.7 Å². The molecule has 11 heteroatoms. The number of halogens is 3. The van der Waals surface area contributed by atoms with Crippen molar-refractivity contribution in [3.05, 3.63) is 33.9 Å². The van der Waals surface area contributed by atoms with Gasteiger partial charge >= 0.3 is 12.6 Å². The van der Waals surface area contributed by atoms with Crippen LogP contribution in [0.25, 0.3) is 10.9 Å². The van der Waals surface area contributed by atoms with Gasteiger partial charge in [-0.15, -0.1) is 0 Å². The number of anilines is 1. The quantitative estimate of drug-likeness (QED) is 0.691. The van der Waals surface area contributed by atoms with Crippen molar-refractivity contribution in [1.82, 2.24) is 4.57 Å². The maximum atomic E-state index is 15.4. The molecule has 1 aromatic carbocycles. The average Bonchev–Trinajstić information content (AvgIpc) is 3.40. The molecule has 0 spiro atoms. The average molecular weight is 453 g/mol. The van der Waals surface area contributed by atoms with Crippen LogP contribution in [0, 0.1) is 11.7 Å². The lowest BCUT2D eigenvalue weighted by molar-refractivity contribution is -0.0488. The highest BCUT2D eigenvalue weighted by molar-refractivity contribution is 5.97. The molecule has 2 saturated heterocycles. The van der Waals surface area contributed by atoms with Crippen molar-refractivity contribution in [1.29, 1.82) is 0 Å². The van der Waals surface area contributed by atoms with E-state index >= 15 is 4.39 Å². The lowest BCUT2D eigenvalue weighted by Gasteiger charge is -2.28. The van der Waals surface area contributed by atoms with Crippen molar-refractivity contribution >= 4 is 22.6 Å². The first kappa shape index (κ1) is 21.1. The Morgan fingerprint density at radius 2 is 2.12 bits per heavy atom. The molecule has 2 atom stereocenters. The van der Waals surface area contributed by atoms with Gasteiger partial charge in [-0.25, -0.2) is 9.18 Å². The summed E-state index contributed by atoms with van der Waals surface area (Å²) in [6, 6.07) is 0.729. The molecular formula is C21H22F3N3O5. The fourth-order valence-electron chi connectivity index (χ4n) is 5.06. The monoisotopic (exact) mass is 453 g/mol. The number of benzene rings is 1. The fourth-order valence-corrected chi connectivity index (χ4v) is 5.06. The van der Waals surface area contributed by atoms with Crippen molar-refractivity contribution < 1.29 is 32.5 Å². The van der Waals surface area contributed by atoms with Crippen molar-refractivity contribution in [3.63, 3.8) is 0 Å². The zero-order chi connectivity index (χ0) is 22.8. The number of alkyl halides is 2. The Hall–Kier alpha value is -2.79. The molecule has 2 aliphatic heterocycles. The molecule has 1 saturated carbocycles. The van der Waals surface area contributed by atoms with Crippen molar-refractivity contribution in [2.45, 2.75) is 37.5 Å². The first-order valence-corrected chi connectivity index (χ1v) is 10.4. The smallest absolute Gasteiger partial charge is 0.387 e. The Balaban J connectivity index is 1.76. The highest BCUT2D eigenvalue weighted by Crippen LogP contribution is 2.48. The van der Waals surface area contributed by atoms with E-state index in [0.717, 1.165) is 12.3 Å². The van der Waals surface area contributed by atoms with Gasteiger partial charge in [0.05, 0.1) is 10.9 Å². The third kappa shape index (κ3) is 3.14. The summed E-state index contributed by atoms with van der Waals surface area (Å²) in [5, 5.41) is 9.11. The van der Waals surface area contributed by atoms with E-state index in [2.05, 4.69) is 0 Å². The van der Waals surface area contributed by atoms with Gasteiger partial charge in [-0.3, -0.25) is 4.79 Å². The van der Waals surface area contributed by atoms with Gasteiger partial charge in [0.1, 0.15) is 16.9 Å². The molecule has 3 heterocycles. The minimum atomic E-state index is -3.28. The van der Waals surface area contributed by atoms with E-state index in [9.17, 15) is 23.5 Å². The third-order valence-electron chi connectivity index (χ3n) is 6.74. The molecule has 1 unspecified atom stereocenters. The van der Waals surface area contributed by atoms with Crippen LogP contribution in [0.2, 0.25) is 0 Å². The number of nitrogens with two attached hydrogens (primary N) is 1. The second kappa shape index (κ2) is 7.38. The summed E-state index contributed by atoms with van der Waals surface area (Å²) < 4.78 is 54.5. The maximum absolute atomic E-state index is 15.4. The van der Waals surface area contributed by atoms with E-state index in [4.69, 9.17) is 15.2 Å². The number of aromatic nitrogens is 1. The molecule has 3 N–H and O–H groups in total. The molecule has 2 aromatic rings. The van der Waals surface area contributed by atoms with Crippen LogP contribution in [-0.4, -0.2) is 54.1 Å². The van der Waals surface area contributed by atoms with Crippen LogP contribution in [-0.2, 0) is 4.74 Å². The van der Waals surface area contributed by atoms with Gasteiger partial charge in [0.15, 0.2) is 11.6 Å². The Labute approximate surface area is 180 Å². The molecule has 0 bridgehead atoms. The molecule has 0 amide bonds. The van der Waals surface area contributed by atoms with Crippen LogP contribution in [0.4, 0.5) is 18.9 Å². The first-order chi connectivity index (χ1) is 15.3. The number of hydrogen-bond acceptors (Lipinski definition) is 6. The predicted molar refractivity (Wildman–Crippen MR) is 108 cm³/mol. The van der Waals surface area contributed by atoms with E-state index in [1.807, 2.05) is 0 Å². The summed E-state index contributed by atoms with van der Waals surface area (Å²) in [5.74, 6) is -2.88. The van der Waals surface area contributed by atoms with Crippen LogP contribution in [0.3, 0.4) is 0 Å². The molecule has 8 nitrogen and oxygen atoms in total. The first-order valence-electron chi connectivity index (χ1n) is 10.4. The lowest BCUT2D eigenvalue weighted by atomic mass is 9.91. The van der Waals surface area contributed by atoms with E-state index in [1.54, 1.807) is 4.90 Å². The standard InChI is InChI=1S/C21H22F3N3O5/c22-14-5-12-15(27(11-1-2-11)7-13(17(12)28)19(29)30)18(32-20(23)24)16(14)26-6-10-3-4-31-21(10,8-25)9-26/h5,7,10-11,20H,1-4,6,8-9,25H2,(H,29,30)/t10-,21?/m1/s1.